The van der Waals surface area contributed by atoms with Crippen LogP contribution in [-0.2, 0) is 0 Å². The molecule has 0 saturated carbocycles. The van der Waals surface area contributed by atoms with Crippen molar-refractivity contribution in [3.63, 3.8) is 0 Å². The molecule has 1 N–H and O–H groups in total. The molecule has 3 rings (SSSR count). The summed E-state index contributed by atoms with van der Waals surface area (Å²) in [4.78, 5) is 0. The SMILES string of the molecule is Cc1ccc(-c2c(C#N)nnn2-c2ccc(O)cc2)cc1C. The van der Waals surface area contributed by atoms with Gasteiger partial charge in [0.05, 0.1) is 5.69 Å². The largest absolute Gasteiger partial charge is 0.508 e. The minimum atomic E-state index is 0.178. The predicted molar refractivity (Wildman–Crippen MR) is 82.6 cm³/mol. The second-order valence-corrected chi connectivity index (χ2v) is 5.13. The van der Waals surface area contributed by atoms with Gasteiger partial charge in [-0.05, 0) is 55.3 Å². The molecule has 3 aromatic rings. The monoisotopic (exact) mass is 290 g/mol. The van der Waals surface area contributed by atoms with Crippen molar-refractivity contribution in [1.82, 2.24) is 15.0 Å². The zero-order valence-electron chi connectivity index (χ0n) is 12.3. The molecular weight excluding hydrogens is 276 g/mol. The third kappa shape index (κ3) is 2.31. The maximum Gasteiger partial charge on any atom is 0.191 e. The molecule has 2 aromatic carbocycles. The number of rotatable bonds is 2. The van der Waals surface area contributed by atoms with E-state index in [1.807, 2.05) is 32.0 Å². The van der Waals surface area contributed by atoms with Crippen molar-refractivity contribution in [3.05, 3.63) is 59.3 Å². The van der Waals surface area contributed by atoms with Crippen LogP contribution in [0.3, 0.4) is 0 Å². The molecule has 0 radical (unpaired) electrons. The number of nitrogens with zero attached hydrogens (tertiary/aromatic N) is 4. The van der Waals surface area contributed by atoms with Crippen molar-refractivity contribution in [3.8, 4) is 28.8 Å². The molecule has 1 heterocycles. The number of benzene rings is 2. The van der Waals surface area contributed by atoms with E-state index < -0.39 is 0 Å². The van der Waals surface area contributed by atoms with Crippen LogP contribution in [0.2, 0.25) is 0 Å². The van der Waals surface area contributed by atoms with E-state index in [1.54, 1.807) is 28.9 Å². The number of phenols is 1. The van der Waals surface area contributed by atoms with E-state index >= 15 is 0 Å². The summed E-state index contributed by atoms with van der Waals surface area (Å²) >= 11 is 0. The summed E-state index contributed by atoms with van der Waals surface area (Å²) in [5.41, 5.74) is 4.87. The fourth-order valence-corrected chi connectivity index (χ4v) is 2.28. The van der Waals surface area contributed by atoms with Crippen LogP contribution in [0.5, 0.6) is 5.75 Å². The van der Waals surface area contributed by atoms with E-state index in [9.17, 15) is 10.4 Å². The van der Waals surface area contributed by atoms with Gasteiger partial charge in [-0.1, -0.05) is 17.3 Å². The summed E-state index contributed by atoms with van der Waals surface area (Å²) in [6.07, 6.45) is 0. The number of phenolic OH excluding ortho intramolecular Hbond substituents is 1. The normalized spacial score (nSPS) is 10.4. The molecule has 5 heteroatoms. The molecule has 0 fully saturated rings. The van der Waals surface area contributed by atoms with Crippen LogP contribution >= 0.6 is 0 Å². The molecule has 0 amide bonds. The Kier molecular flexibility index (Phi) is 3.36. The highest BCUT2D eigenvalue weighted by Gasteiger charge is 2.16. The second-order valence-electron chi connectivity index (χ2n) is 5.13. The van der Waals surface area contributed by atoms with Gasteiger partial charge < -0.3 is 5.11 Å². The number of hydrogen-bond acceptors (Lipinski definition) is 4. The average molecular weight is 290 g/mol. The Morgan fingerprint density at radius 2 is 1.77 bits per heavy atom. The first kappa shape index (κ1) is 13.8. The Morgan fingerprint density at radius 3 is 2.41 bits per heavy atom. The summed E-state index contributed by atoms with van der Waals surface area (Å²) in [7, 11) is 0. The van der Waals surface area contributed by atoms with Crippen molar-refractivity contribution in [2.24, 2.45) is 0 Å². The smallest absolute Gasteiger partial charge is 0.191 e. The molecule has 0 bridgehead atoms. The molecular formula is C17H14N4O. The van der Waals surface area contributed by atoms with E-state index in [2.05, 4.69) is 16.4 Å². The van der Waals surface area contributed by atoms with Gasteiger partial charge in [0.25, 0.3) is 0 Å². The first-order chi connectivity index (χ1) is 10.6. The first-order valence-electron chi connectivity index (χ1n) is 6.83. The summed E-state index contributed by atoms with van der Waals surface area (Å²) in [5.74, 6) is 0.178. The van der Waals surface area contributed by atoms with Gasteiger partial charge in [0.1, 0.15) is 17.5 Å². The van der Waals surface area contributed by atoms with Crippen LogP contribution in [0.4, 0.5) is 0 Å². The fraction of sp³-hybridized carbons (Fsp3) is 0.118. The third-order valence-electron chi connectivity index (χ3n) is 3.65. The molecule has 0 unspecified atom stereocenters. The Bertz CT molecular complexity index is 873. The Morgan fingerprint density at radius 1 is 1.05 bits per heavy atom. The first-order valence-corrected chi connectivity index (χ1v) is 6.83. The van der Waals surface area contributed by atoms with E-state index in [-0.39, 0.29) is 11.4 Å². The highest BCUT2D eigenvalue weighted by atomic mass is 16.3. The van der Waals surface area contributed by atoms with Crippen molar-refractivity contribution in [1.29, 1.82) is 5.26 Å². The third-order valence-corrected chi connectivity index (χ3v) is 3.65. The van der Waals surface area contributed by atoms with Gasteiger partial charge in [-0.3, -0.25) is 0 Å². The maximum atomic E-state index is 9.41. The number of hydrogen-bond donors (Lipinski definition) is 1. The van der Waals surface area contributed by atoms with Crippen molar-refractivity contribution >= 4 is 0 Å². The minimum Gasteiger partial charge on any atom is -0.508 e. The van der Waals surface area contributed by atoms with E-state index in [0.29, 0.717) is 5.69 Å². The molecule has 0 spiro atoms. The van der Waals surface area contributed by atoms with E-state index in [1.165, 1.54) is 5.56 Å². The Labute approximate surface area is 128 Å². The lowest BCUT2D eigenvalue weighted by molar-refractivity contribution is 0.475. The van der Waals surface area contributed by atoms with Gasteiger partial charge in [-0.2, -0.15) is 5.26 Å². The number of aryl methyl sites for hydroxylation is 2. The number of aromatic hydroxyl groups is 1. The van der Waals surface area contributed by atoms with E-state index in [4.69, 9.17) is 0 Å². The minimum absolute atomic E-state index is 0.178. The quantitative estimate of drug-likeness (QED) is 0.786. The lowest BCUT2D eigenvalue weighted by Crippen LogP contribution is -2.00. The van der Waals surface area contributed by atoms with Crippen molar-refractivity contribution in [2.45, 2.75) is 13.8 Å². The fourth-order valence-electron chi connectivity index (χ4n) is 2.28. The standard InChI is InChI=1S/C17H14N4O/c1-11-3-4-13(9-12(11)2)17-16(10-18)19-20-21(17)14-5-7-15(22)8-6-14/h3-9,22H,1-2H3. The number of nitriles is 1. The number of aromatic nitrogens is 3. The molecule has 0 aliphatic carbocycles. The highest BCUT2D eigenvalue weighted by molar-refractivity contribution is 5.68. The summed E-state index contributed by atoms with van der Waals surface area (Å²) in [6.45, 7) is 4.07. The van der Waals surface area contributed by atoms with Crippen molar-refractivity contribution in [2.75, 3.05) is 0 Å². The van der Waals surface area contributed by atoms with Gasteiger partial charge in [-0.25, -0.2) is 4.68 Å². The molecule has 22 heavy (non-hydrogen) atoms. The molecule has 0 aliphatic heterocycles. The van der Waals surface area contributed by atoms with Crippen LogP contribution < -0.4 is 0 Å². The van der Waals surface area contributed by atoms with Crippen LogP contribution in [0.25, 0.3) is 16.9 Å². The summed E-state index contributed by atoms with van der Waals surface area (Å²) < 4.78 is 1.61. The topological polar surface area (TPSA) is 74.7 Å². The van der Waals surface area contributed by atoms with Gasteiger partial charge in [0.2, 0.25) is 0 Å². The summed E-state index contributed by atoms with van der Waals surface area (Å²) in [6, 6.07) is 14.7. The zero-order valence-corrected chi connectivity index (χ0v) is 12.3. The van der Waals surface area contributed by atoms with E-state index in [0.717, 1.165) is 16.8 Å². The lowest BCUT2D eigenvalue weighted by atomic mass is 10.0. The molecule has 0 saturated heterocycles. The molecule has 1 aromatic heterocycles. The second kappa shape index (κ2) is 5.34. The summed E-state index contributed by atoms with van der Waals surface area (Å²) in [5, 5.41) is 26.7. The van der Waals surface area contributed by atoms with Gasteiger partial charge in [0, 0.05) is 5.56 Å². The van der Waals surface area contributed by atoms with Crippen molar-refractivity contribution < 1.29 is 5.11 Å². The average Bonchev–Trinajstić information content (AvgIpc) is 2.94. The molecule has 5 nitrogen and oxygen atoms in total. The van der Waals surface area contributed by atoms with Crippen LogP contribution in [0, 0.1) is 25.2 Å². The zero-order chi connectivity index (χ0) is 15.7. The van der Waals surface area contributed by atoms with Gasteiger partial charge >= 0.3 is 0 Å². The molecule has 0 aliphatic rings. The van der Waals surface area contributed by atoms with Crippen LogP contribution in [-0.4, -0.2) is 20.1 Å². The predicted octanol–water partition coefficient (Wildman–Crippen LogP) is 3.13. The Balaban J connectivity index is 2.21. The van der Waals surface area contributed by atoms with Crippen LogP contribution in [0.1, 0.15) is 16.8 Å². The highest BCUT2D eigenvalue weighted by Crippen LogP contribution is 2.27. The Hall–Kier alpha value is -3.13. The van der Waals surface area contributed by atoms with Gasteiger partial charge in [0.15, 0.2) is 5.69 Å². The van der Waals surface area contributed by atoms with Crippen LogP contribution in [0.15, 0.2) is 42.5 Å². The maximum absolute atomic E-state index is 9.41. The molecule has 108 valence electrons. The lowest BCUT2D eigenvalue weighted by Gasteiger charge is -2.09. The molecule has 0 atom stereocenters. The van der Waals surface area contributed by atoms with Gasteiger partial charge in [-0.15, -0.1) is 5.10 Å².